The van der Waals surface area contributed by atoms with E-state index in [9.17, 15) is 24.2 Å². The van der Waals surface area contributed by atoms with E-state index >= 15 is 0 Å². The number of carbonyl (C=O) groups is 2. The van der Waals surface area contributed by atoms with Gasteiger partial charge in [0.05, 0.1) is 21.8 Å². The number of fused-ring (bicyclic) bond motifs is 1. The molecule has 170 valence electrons. The molecule has 1 atom stereocenters. The number of hydrogen-bond donors (Lipinski definition) is 2. The number of aromatic hydroxyl groups is 1. The maximum absolute atomic E-state index is 13.4. The number of aliphatic hydroxyl groups excluding tert-OH is 1. The number of anilines is 1. The van der Waals surface area contributed by atoms with Crippen molar-refractivity contribution in [1.82, 2.24) is 4.98 Å². The van der Waals surface area contributed by atoms with Crippen LogP contribution in [0.3, 0.4) is 0 Å². The first-order valence-electron chi connectivity index (χ1n) is 10.6. The third-order valence-corrected chi connectivity index (χ3v) is 6.84. The maximum Gasteiger partial charge on any atom is 0.301 e. The van der Waals surface area contributed by atoms with Gasteiger partial charge in [0.25, 0.3) is 5.78 Å². The average Bonchev–Trinajstić information content (AvgIpc) is 3.37. The van der Waals surface area contributed by atoms with Crippen LogP contribution in [0.2, 0.25) is 0 Å². The second-order valence-corrected chi connectivity index (χ2v) is 8.93. The van der Waals surface area contributed by atoms with Crippen LogP contribution in [0.15, 0.2) is 72.3 Å². The lowest BCUT2D eigenvalue weighted by Gasteiger charge is -2.23. The molecule has 0 saturated carbocycles. The highest BCUT2D eigenvalue weighted by atomic mass is 32.1. The molecular formula is C26H19FN2O4S. The minimum atomic E-state index is -0.975. The molecule has 1 aliphatic rings. The first-order chi connectivity index (χ1) is 16.4. The summed E-state index contributed by atoms with van der Waals surface area (Å²) in [4.78, 5) is 32.3. The standard InChI is InChI=1S/C26H19FN2O4S/c1-2-14-3-12-19-20(13-14)34-26(28-19)29-22(15-6-10-18(30)11-7-15)21(24(32)25(29)33)23(31)16-4-8-17(27)9-5-16/h3-13,22,30-31H,2H2,1H3/b23-21+. The van der Waals surface area contributed by atoms with Crippen molar-refractivity contribution >= 4 is 44.1 Å². The van der Waals surface area contributed by atoms with Crippen molar-refractivity contribution in [3.63, 3.8) is 0 Å². The number of ketones is 1. The number of thiazole rings is 1. The third kappa shape index (κ3) is 3.62. The molecule has 0 radical (unpaired) electrons. The van der Waals surface area contributed by atoms with Crippen LogP contribution in [0.25, 0.3) is 16.0 Å². The van der Waals surface area contributed by atoms with E-state index in [1.54, 1.807) is 12.1 Å². The summed E-state index contributed by atoms with van der Waals surface area (Å²) in [6, 6.07) is 15.9. The summed E-state index contributed by atoms with van der Waals surface area (Å²) in [6.07, 6.45) is 0.846. The Bertz CT molecular complexity index is 1460. The van der Waals surface area contributed by atoms with Crippen molar-refractivity contribution < 1.29 is 24.2 Å². The van der Waals surface area contributed by atoms with Crippen molar-refractivity contribution in [2.75, 3.05) is 4.90 Å². The molecule has 1 aromatic heterocycles. The number of Topliss-reactive ketones (excluding diaryl/α,β-unsaturated/α-hetero) is 1. The monoisotopic (exact) mass is 474 g/mol. The lowest BCUT2D eigenvalue weighted by Crippen LogP contribution is -2.29. The Hall–Kier alpha value is -4.04. The number of aryl methyl sites for hydroxylation is 1. The van der Waals surface area contributed by atoms with Gasteiger partial charge >= 0.3 is 5.91 Å². The molecular weight excluding hydrogens is 455 g/mol. The summed E-state index contributed by atoms with van der Waals surface area (Å²) in [5.74, 6) is -2.57. The predicted octanol–water partition coefficient (Wildman–Crippen LogP) is 5.33. The first-order valence-corrected chi connectivity index (χ1v) is 11.4. The van der Waals surface area contributed by atoms with Crippen molar-refractivity contribution in [3.8, 4) is 5.75 Å². The van der Waals surface area contributed by atoms with Crippen LogP contribution in [-0.4, -0.2) is 26.9 Å². The van der Waals surface area contributed by atoms with Gasteiger partial charge in [-0.05, 0) is 66.1 Å². The number of benzene rings is 3. The van der Waals surface area contributed by atoms with Gasteiger partial charge in [-0.1, -0.05) is 36.5 Å². The molecule has 1 unspecified atom stereocenters. The Morgan fingerprint density at radius 2 is 1.76 bits per heavy atom. The predicted molar refractivity (Wildman–Crippen MR) is 128 cm³/mol. The molecule has 8 heteroatoms. The van der Waals surface area contributed by atoms with Crippen molar-refractivity contribution in [2.45, 2.75) is 19.4 Å². The normalized spacial score (nSPS) is 17.6. The van der Waals surface area contributed by atoms with Crippen LogP contribution in [0.5, 0.6) is 5.75 Å². The molecule has 4 aromatic rings. The fourth-order valence-corrected chi connectivity index (χ4v) is 5.10. The van der Waals surface area contributed by atoms with Gasteiger partial charge in [-0.3, -0.25) is 14.5 Å². The summed E-state index contributed by atoms with van der Waals surface area (Å²) in [7, 11) is 0. The molecule has 2 heterocycles. The molecule has 2 N–H and O–H groups in total. The molecule has 1 amide bonds. The first kappa shape index (κ1) is 21.8. The molecule has 1 fully saturated rings. The molecule has 3 aromatic carbocycles. The Morgan fingerprint density at radius 1 is 1.06 bits per heavy atom. The topological polar surface area (TPSA) is 90.7 Å². The zero-order valence-electron chi connectivity index (χ0n) is 18.0. The molecule has 0 spiro atoms. The largest absolute Gasteiger partial charge is 0.508 e. The van der Waals surface area contributed by atoms with Crippen LogP contribution in [0.1, 0.15) is 29.7 Å². The van der Waals surface area contributed by atoms with Crippen LogP contribution in [-0.2, 0) is 16.0 Å². The lowest BCUT2D eigenvalue weighted by molar-refractivity contribution is -0.132. The van der Waals surface area contributed by atoms with Gasteiger partial charge in [-0.2, -0.15) is 0 Å². The highest BCUT2D eigenvalue weighted by Gasteiger charge is 2.48. The van der Waals surface area contributed by atoms with Crippen molar-refractivity contribution in [3.05, 3.63) is 94.8 Å². The van der Waals surface area contributed by atoms with Crippen molar-refractivity contribution in [2.24, 2.45) is 0 Å². The number of phenols is 1. The van der Waals surface area contributed by atoms with E-state index in [2.05, 4.69) is 4.98 Å². The number of phenolic OH excluding ortho intramolecular Hbond substituents is 1. The quantitative estimate of drug-likeness (QED) is 0.237. The summed E-state index contributed by atoms with van der Waals surface area (Å²) in [5.41, 5.74) is 2.41. The van der Waals surface area contributed by atoms with Gasteiger partial charge in [0.15, 0.2) is 5.13 Å². The molecule has 6 nitrogen and oxygen atoms in total. The Labute approximate surface area is 198 Å². The number of amides is 1. The number of aliphatic hydroxyl groups is 1. The fraction of sp³-hybridized carbons (Fsp3) is 0.115. The van der Waals surface area contributed by atoms with Gasteiger partial charge in [0.1, 0.15) is 17.3 Å². The highest BCUT2D eigenvalue weighted by molar-refractivity contribution is 7.22. The van der Waals surface area contributed by atoms with Gasteiger partial charge in [-0.15, -0.1) is 0 Å². The third-order valence-electron chi connectivity index (χ3n) is 5.83. The van der Waals surface area contributed by atoms with Gasteiger partial charge < -0.3 is 10.2 Å². The van der Waals surface area contributed by atoms with E-state index in [1.165, 1.54) is 52.6 Å². The molecule has 0 bridgehead atoms. The Balaban J connectivity index is 1.71. The van der Waals surface area contributed by atoms with E-state index in [-0.39, 0.29) is 16.9 Å². The van der Waals surface area contributed by atoms with E-state index in [4.69, 9.17) is 0 Å². The van der Waals surface area contributed by atoms with E-state index in [1.807, 2.05) is 25.1 Å². The molecule has 5 rings (SSSR count). The smallest absolute Gasteiger partial charge is 0.301 e. The van der Waals surface area contributed by atoms with Gasteiger partial charge in [0.2, 0.25) is 0 Å². The number of carbonyl (C=O) groups excluding carboxylic acids is 2. The highest BCUT2D eigenvalue weighted by Crippen LogP contribution is 2.44. The second kappa shape index (κ2) is 8.39. The summed E-state index contributed by atoms with van der Waals surface area (Å²) >= 11 is 1.28. The van der Waals surface area contributed by atoms with Gasteiger partial charge in [-0.25, -0.2) is 9.37 Å². The number of nitrogens with zero attached hydrogens (tertiary/aromatic N) is 2. The lowest BCUT2D eigenvalue weighted by atomic mass is 9.95. The fourth-order valence-electron chi connectivity index (χ4n) is 4.04. The molecule has 0 aliphatic carbocycles. The summed E-state index contributed by atoms with van der Waals surface area (Å²) in [6.45, 7) is 2.04. The number of hydrogen-bond acceptors (Lipinski definition) is 6. The minimum absolute atomic E-state index is 0.0197. The summed E-state index contributed by atoms with van der Waals surface area (Å²) < 4.78 is 14.3. The van der Waals surface area contributed by atoms with Crippen molar-refractivity contribution in [1.29, 1.82) is 0 Å². The van der Waals surface area contributed by atoms with Gasteiger partial charge in [0, 0.05) is 5.56 Å². The zero-order valence-corrected chi connectivity index (χ0v) is 18.8. The minimum Gasteiger partial charge on any atom is -0.508 e. The van der Waals surface area contributed by atoms with Crippen LogP contribution < -0.4 is 4.90 Å². The van der Waals surface area contributed by atoms with Crippen LogP contribution in [0, 0.1) is 5.82 Å². The Morgan fingerprint density at radius 3 is 2.44 bits per heavy atom. The number of aromatic nitrogens is 1. The van der Waals surface area contributed by atoms with Crippen LogP contribution in [0.4, 0.5) is 9.52 Å². The average molecular weight is 475 g/mol. The van der Waals surface area contributed by atoms with E-state index in [0.29, 0.717) is 16.2 Å². The number of rotatable bonds is 4. The SMILES string of the molecule is CCc1ccc2nc(N3C(=O)C(=O)/C(=C(/O)c4ccc(F)cc4)C3c3ccc(O)cc3)sc2c1. The van der Waals surface area contributed by atoms with E-state index < -0.39 is 29.3 Å². The maximum atomic E-state index is 13.4. The summed E-state index contributed by atoms with van der Waals surface area (Å²) in [5, 5.41) is 21.1. The Kier molecular flexibility index (Phi) is 5.37. The zero-order chi connectivity index (χ0) is 24.0. The number of halogens is 1. The molecule has 1 saturated heterocycles. The van der Waals surface area contributed by atoms with E-state index in [0.717, 1.165) is 16.7 Å². The second-order valence-electron chi connectivity index (χ2n) is 7.92. The molecule has 34 heavy (non-hydrogen) atoms. The van der Waals surface area contributed by atoms with Crippen LogP contribution >= 0.6 is 11.3 Å². The molecule has 1 aliphatic heterocycles.